The lowest BCUT2D eigenvalue weighted by Crippen LogP contribution is -2.27. The molecule has 1 fully saturated rings. The number of hydrogen-bond acceptors (Lipinski definition) is 6. The highest BCUT2D eigenvalue weighted by atomic mass is 35.5. The molecule has 1 aliphatic heterocycles. The van der Waals surface area contributed by atoms with Gasteiger partial charge in [0.05, 0.1) is 0 Å². The normalized spacial score (nSPS) is 21.1. The summed E-state index contributed by atoms with van der Waals surface area (Å²) < 4.78 is 5.81. The van der Waals surface area contributed by atoms with Crippen molar-refractivity contribution in [3.05, 3.63) is 52.3 Å². The van der Waals surface area contributed by atoms with E-state index >= 15 is 0 Å². The molecule has 1 saturated heterocycles. The Kier molecular flexibility index (Phi) is 4.53. The highest BCUT2D eigenvalue weighted by Gasteiger charge is 2.41. The van der Waals surface area contributed by atoms with Crippen LogP contribution in [0.2, 0.25) is 5.02 Å². The number of hydrogen-bond donors (Lipinski definition) is 2. The first kappa shape index (κ1) is 17.8. The minimum absolute atomic E-state index is 0.00326. The number of amides is 3. The number of carbonyl (C=O) groups excluding carboxylic acids is 3. The van der Waals surface area contributed by atoms with Crippen molar-refractivity contribution in [2.24, 2.45) is 5.73 Å². The highest BCUT2D eigenvalue weighted by molar-refractivity contribution is 8.15. The fraction of sp³-hybridized carbons (Fsp3) is 0.222. The van der Waals surface area contributed by atoms with Gasteiger partial charge >= 0.3 is 0 Å². The van der Waals surface area contributed by atoms with Crippen molar-refractivity contribution in [2.75, 3.05) is 0 Å². The van der Waals surface area contributed by atoms with Gasteiger partial charge in [0.25, 0.3) is 11.1 Å². The Hall–Kier alpha value is -2.58. The van der Waals surface area contributed by atoms with Crippen LogP contribution in [0, 0.1) is 0 Å². The summed E-state index contributed by atoms with van der Waals surface area (Å²) in [7, 11) is 0. The van der Waals surface area contributed by atoms with Gasteiger partial charge < -0.3 is 10.5 Å². The van der Waals surface area contributed by atoms with Crippen molar-refractivity contribution in [2.45, 2.75) is 24.0 Å². The fourth-order valence-corrected chi connectivity index (χ4v) is 4.69. The summed E-state index contributed by atoms with van der Waals surface area (Å²) in [6.45, 7) is 0. The van der Waals surface area contributed by atoms with Gasteiger partial charge in [-0.15, -0.1) is 0 Å². The minimum atomic E-state index is -0.732. The van der Waals surface area contributed by atoms with Crippen LogP contribution in [0.3, 0.4) is 0 Å². The third-order valence-electron chi connectivity index (χ3n) is 4.64. The first-order valence-electron chi connectivity index (χ1n) is 8.20. The van der Waals surface area contributed by atoms with E-state index in [1.54, 1.807) is 12.1 Å². The summed E-state index contributed by atoms with van der Waals surface area (Å²) in [5.41, 5.74) is 7.30. The maximum atomic E-state index is 12.0. The number of aryl methyl sites for hydroxylation is 1. The van der Waals surface area contributed by atoms with Crippen molar-refractivity contribution >= 4 is 40.4 Å². The maximum absolute atomic E-state index is 12.0. The van der Waals surface area contributed by atoms with Crippen LogP contribution in [0.25, 0.3) is 0 Å². The molecule has 0 radical (unpaired) electrons. The zero-order valence-electron chi connectivity index (χ0n) is 13.9. The Labute approximate surface area is 163 Å². The molecule has 1 aliphatic carbocycles. The van der Waals surface area contributed by atoms with Gasteiger partial charge in [0.2, 0.25) is 5.91 Å². The number of halogens is 1. The summed E-state index contributed by atoms with van der Waals surface area (Å²) in [6.07, 6.45) is 2.98. The minimum Gasteiger partial charge on any atom is -0.456 e. The number of primary amides is 1. The number of fused-ring (bicyclic) bond motifs is 1. The molecule has 2 heterocycles. The molecule has 4 rings (SSSR count). The topological polar surface area (TPSA) is 111 Å². The summed E-state index contributed by atoms with van der Waals surface area (Å²) >= 11 is 7.19. The Morgan fingerprint density at radius 3 is 2.85 bits per heavy atom. The number of nitrogens with two attached hydrogens (primary N) is 1. The van der Waals surface area contributed by atoms with Crippen LogP contribution in [-0.2, 0) is 11.2 Å². The zero-order chi connectivity index (χ0) is 19.1. The Morgan fingerprint density at radius 1 is 1.33 bits per heavy atom. The van der Waals surface area contributed by atoms with E-state index in [0.29, 0.717) is 5.75 Å². The third kappa shape index (κ3) is 3.26. The van der Waals surface area contributed by atoms with E-state index in [1.165, 1.54) is 6.20 Å². The van der Waals surface area contributed by atoms with Crippen molar-refractivity contribution in [1.29, 1.82) is 0 Å². The van der Waals surface area contributed by atoms with Crippen LogP contribution in [0.5, 0.6) is 11.5 Å². The standard InChI is InChI=1S/C18H14ClN3O4S/c19-13-12(5-6-21-14(13)16(20)23)26-9-2-4-10-8(7-9)1-3-11(10)15-17(24)22-18(25)27-15/h2,4-7,11,15H,1,3H2,(H2,20,23)(H,22,24,25)/t11-,15?/m1/s1. The average molecular weight is 404 g/mol. The van der Waals surface area contributed by atoms with Crippen LogP contribution in [0.1, 0.15) is 34.0 Å². The van der Waals surface area contributed by atoms with Crippen LogP contribution < -0.4 is 15.8 Å². The molecule has 3 amide bonds. The number of benzene rings is 1. The molecule has 0 bridgehead atoms. The molecule has 27 heavy (non-hydrogen) atoms. The molecule has 0 saturated carbocycles. The molecular weight excluding hydrogens is 390 g/mol. The summed E-state index contributed by atoms with van der Waals surface area (Å²) in [6, 6.07) is 7.12. The third-order valence-corrected chi connectivity index (χ3v) is 6.11. The van der Waals surface area contributed by atoms with Gasteiger partial charge in [-0.1, -0.05) is 29.4 Å². The molecule has 1 unspecified atom stereocenters. The smallest absolute Gasteiger partial charge is 0.286 e. The predicted octanol–water partition coefficient (Wildman–Crippen LogP) is 3.01. The van der Waals surface area contributed by atoms with E-state index in [9.17, 15) is 14.4 Å². The van der Waals surface area contributed by atoms with Gasteiger partial charge in [0.15, 0.2) is 0 Å². The lowest BCUT2D eigenvalue weighted by molar-refractivity contribution is -0.119. The van der Waals surface area contributed by atoms with Crippen molar-refractivity contribution in [3.8, 4) is 11.5 Å². The SMILES string of the molecule is NC(=O)c1nccc(Oc2ccc3c(c2)CC[C@H]3C2SC(=O)NC2=O)c1Cl. The summed E-state index contributed by atoms with van der Waals surface area (Å²) in [5.74, 6) is -0.129. The maximum Gasteiger partial charge on any atom is 0.286 e. The fourth-order valence-electron chi connectivity index (χ4n) is 3.44. The van der Waals surface area contributed by atoms with Gasteiger partial charge in [-0.25, -0.2) is 4.98 Å². The summed E-state index contributed by atoms with van der Waals surface area (Å²) in [4.78, 5) is 38.6. The number of carbonyl (C=O) groups is 3. The van der Waals surface area contributed by atoms with E-state index in [2.05, 4.69) is 10.3 Å². The number of imide groups is 1. The van der Waals surface area contributed by atoms with Gasteiger partial charge in [-0.3, -0.25) is 19.7 Å². The zero-order valence-corrected chi connectivity index (χ0v) is 15.5. The van der Waals surface area contributed by atoms with Crippen LogP contribution in [0.15, 0.2) is 30.5 Å². The summed E-state index contributed by atoms with van der Waals surface area (Å²) in [5, 5.41) is 1.71. The van der Waals surface area contributed by atoms with Crippen molar-refractivity contribution < 1.29 is 19.1 Å². The number of rotatable bonds is 4. The Morgan fingerprint density at radius 2 is 2.15 bits per heavy atom. The Bertz CT molecular complexity index is 981. The van der Waals surface area contributed by atoms with Crippen molar-refractivity contribution in [3.63, 3.8) is 0 Å². The number of nitrogens with one attached hydrogen (secondary N) is 1. The molecule has 0 spiro atoms. The van der Waals surface area contributed by atoms with Gasteiger partial charge in [-0.2, -0.15) is 0 Å². The molecule has 2 aromatic rings. The molecule has 138 valence electrons. The quantitative estimate of drug-likeness (QED) is 0.811. The molecule has 2 atom stereocenters. The number of nitrogens with zero attached hydrogens (tertiary/aromatic N) is 1. The molecule has 9 heteroatoms. The largest absolute Gasteiger partial charge is 0.456 e. The lowest BCUT2D eigenvalue weighted by Gasteiger charge is -2.16. The van der Waals surface area contributed by atoms with E-state index in [0.717, 1.165) is 35.7 Å². The average Bonchev–Trinajstić information content (AvgIpc) is 3.18. The molecular formula is C18H14ClN3O4S. The van der Waals surface area contributed by atoms with Gasteiger partial charge in [0, 0.05) is 18.2 Å². The second-order valence-electron chi connectivity index (χ2n) is 6.26. The lowest BCUT2D eigenvalue weighted by atomic mass is 9.97. The second-order valence-corrected chi connectivity index (χ2v) is 7.75. The van der Waals surface area contributed by atoms with E-state index in [4.69, 9.17) is 22.1 Å². The first-order valence-corrected chi connectivity index (χ1v) is 9.46. The second kappa shape index (κ2) is 6.86. The first-order chi connectivity index (χ1) is 12.9. The predicted molar refractivity (Wildman–Crippen MR) is 100 cm³/mol. The Balaban J connectivity index is 1.58. The van der Waals surface area contributed by atoms with Crippen LogP contribution in [0.4, 0.5) is 4.79 Å². The molecule has 1 aromatic heterocycles. The monoisotopic (exact) mass is 403 g/mol. The van der Waals surface area contributed by atoms with Crippen molar-refractivity contribution in [1.82, 2.24) is 10.3 Å². The van der Waals surface area contributed by atoms with Crippen LogP contribution >= 0.6 is 23.4 Å². The number of ether oxygens (including phenoxy) is 1. The molecule has 3 N–H and O–H groups in total. The van der Waals surface area contributed by atoms with E-state index < -0.39 is 11.2 Å². The molecule has 7 nitrogen and oxygen atoms in total. The van der Waals surface area contributed by atoms with Gasteiger partial charge in [-0.05, 0) is 36.1 Å². The van der Waals surface area contributed by atoms with Gasteiger partial charge in [0.1, 0.15) is 27.5 Å². The van der Waals surface area contributed by atoms with E-state index in [1.807, 2.05) is 12.1 Å². The van der Waals surface area contributed by atoms with E-state index in [-0.39, 0.29) is 33.5 Å². The number of pyridine rings is 1. The molecule has 2 aliphatic rings. The van der Waals surface area contributed by atoms with Crippen LogP contribution in [-0.4, -0.2) is 27.3 Å². The highest BCUT2D eigenvalue weighted by Crippen LogP contribution is 2.43. The number of aromatic nitrogens is 1. The number of thioether (sulfide) groups is 1. The molecule has 1 aromatic carbocycles.